The molecule has 1 aromatic heterocycles. The summed E-state index contributed by atoms with van der Waals surface area (Å²) in [7, 11) is 4.85. The summed E-state index contributed by atoms with van der Waals surface area (Å²) in [5.74, 6) is 1.64. The summed E-state index contributed by atoms with van der Waals surface area (Å²) >= 11 is 0. The van der Waals surface area contributed by atoms with Crippen molar-refractivity contribution in [1.82, 2.24) is 4.57 Å². The number of carbonyl (C=O) groups is 1. The highest BCUT2D eigenvalue weighted by atomic mass is 16.5. The van der Waals surface area contributed by atoms with Gasteiger partial charge in [-0.25, -0.2) is 0 Å². The molecule has 2 aromatic carbocycles. The lowest BCUT2D eigenvalue weighted by Gasteiger charge is -2.16. The fourth-order valence-corrected chi connectivity index (χ4v) is 3.35. The number of benzene rings is 2. The number of nitrogens with zero attached hydrogens (tertiary/aromatic N) is 1. The average molecular weight is 380 g/mol. The minimum absolute atomic E-state index is 0.455. The molecule has 1 heterocycles. The molecule has 3 aromatic rings. The van der Waals surface area contributed by atoms with E-state index in [0.29, 0.717) is 23.6 Å². The summed E-state index contributed by atoms with van der Waals surface area (Å²) in [6.45, 7) is 2.39. The number of hydrogen-bond acceptors (Lipinski definition) is 4. The normalized spacial score (nSPS) is 10.6. The largest absolute Gasteiger partial charge is 0.497 e. The van der Waals surface area contributed by atoms with Crippen LogP contribution in [0.3, 0.4) is 0 Å². The van der Waals surface area contributed by atoms with E-state index in [9.17, 15) is 4.79 Å². The summed E-state index contributed by atoms with van der Waals surface area (Å²) < 4.78 is 18.3. The zero-order valence-corrected chi connectivity index (χ0v) is 16.5. The maximum absolute atomic E-state index is 11.9. The number of ether oxygens (including phenoxy) is 3. The third-order valence-corrected chi connectivity index (χ3v) is 4.83. The number of amides is 1. The molecule has 2 N–H and O–H groups in total. The smallest absolute Gasteiger partial charge is 0.250 e. The van der Waals surface area contributed by atoms with Crippen LogP contribution in [0.1, 0.15) is 21.6 Å². The number of para-hydroxylation sites is 1. The number of carbonyl (C=O) groups excluding carboxylic acids is 1. The number of rotatable bonds is 7. The van der Waals surface area contributed by atoms with Crippen LogP contribution in [0.4, 0.5) is 0 Å². The number of methoxy groups -OCH3 is 3. The van der Waals surface area contributed by atoms with E-state index < -0.39 is 5.91 Å². The standard InChI is InChI=1S/C22H24N2O4/c1-14-18(22(23)25)12-19(15-8-10-17(26-2)11-9-15)24(14)13-16-6-5-7-20(27-3)21(16)28-4/h5-12H,13H2,1-4H3,(H2,23,25). The van der Waals surface area contributed by atoms with Gasteiger partial charge in [0, 0.05) is 17.0 Å². The summed E-state index contributed by atoms with van der Waals surface area (Å²) in [4.78, 5) is 11.9. The van der Waals surface area contributed by atoms with E-state index >= 15 is 0 Å². The van der Waals surface area contributed by atoms with Crippen molar-refractivity contribution < 1.29 is 19.0 Å². The Morgan fingerprint density at radius 1 is 1.00 bits per heavy atom. The highest BCUT2D eigenvalue weighted by molar-refractivity contribution is 5.95. The van der Waals surface area contributed by atoms with Gasteiger partial charge in [0.05, 0.1) is 33.4 Å². The first-order valence-electron chi connectivity index (χ1n) is 8.84. The van der Waals surface area contributed by atoms with Crippen LogP contribution in [0.25, 0.3) is 11.3 Å². The Morgan fingerprint density at radius 3 is 2.29 bits per heavy atom. The molecule has 0 aliphatic heterocycles. The summed E-state index contributed by atoms with van der Waals surface area (Å²) in [6, 6.07) is 15.3. The molecule has 0 aliphatic rings. The lowest BCUT2D eigenvalue weighted by molar-refractivity contribution is 0.0999. The lowest BCUT2D eigenvalue weighted by atomic mass is 10.1. The maximum Gasteiger partial charge on any atom is 0.250 e. The van der Waals surface area contributed by atoms with Crippen molar-refractivity contribution in [2.45, 2.75) is 13.5 Å². The summed E-state index contributed by atoms with van der Waals surface area (Å²) in [6.07, 6.45) is 0. The van der Waals surface area contributed by atoms with Gasteiger partial charge < -0.3 is 24.5 Å². The van der Waals surface area contributed by atoms with Gasteiger partial charge in [0.1, 0.15) is 5.75 Å². The molecule has 0 atom stereocenters. The van der Waals surface area contributed by atoms with Gasteiger partial charge in [0.25, 0.3) is 5.91 Å². The van der Waals surface area contributed by atoms with Gasteiger partial charge in [-0.1, -0.05) is 12.1 Å². The predicted octanol–water partition coefficient (Wildman–Crippen LogP) is 3.64. The van der Waals surface area contributed by atoms with E-state index in [1.807, 2.05) is 55.5 Å². The lowest BCUT2D eigenvalue weighted by Crippen LogP contribution is -2.13. The maximum atomic E-state index is 11.9. The molecule has 0 spiro atoms. The van der Waals surface area contributed by atoms with Gasteiger partial charge in [-0.15, -0.1) is 0 Å². The van der Waals surface area contributed by atoms with Gasteiger partial charge in [-0.3, -0.25) is 4.79 Å². The van der Waals surface area contributed by atoms with Crippen molar-refractivity contribution in [3.63, 3.8) is 0 Å². The van der Waals surface area contributed by atoms with Crippen molar-refractivity contribution in [1.29, 1.82) is 0 Å². The van der Waals surface area contributed by atoms with E-state index in [4.69, 9.17) is 19.9 Å². The highest BCUT2D eigenvalue weighted by Crippen LogP contribution is 2.34. The number of primary amides is 1. The van der Waals surface area contributed by atoms with E-state index in [2.05, 4.69) is 4.57 Å². The first-order chi connectivity index (χ1) is 13.5. The fraction of sp³-hybridized carbons (Fsp3) is 0.227. The molecule has 0 saturated heterocycles. The van der Waals surface area contributed by atoms with Crippen LogP contribution in [0, 0.1) is 6.92 Å². The molecular formula is C22H24N2O4. The topological polar surface area (TPSA) is 75.7 Å². The molecule has 0 saturated carbocycles. The molecule has 0 fully saturated rings. The number of aromatic nitrogens is 1. The second-order valence-electron chi connectivity index (χ2n) is 6.36. The van der Waals surface area contributed by atoms with Gasteiger partial charge in [-0.2, -0.15) is 0 Å². The van der Waals surface area contributed by atoms with Crippen LogP contribution in [0.5, 0.6) is 17.2 Å². The third-order valence-electron chi connectivity index (χ3n) is 4.83. The molecule has 1 amide bonds. The van der Waals surface area contributed by atoms with Crippen molar-refractivity contribution >= 4 is 5.91 Å². The van der Waals surface area contributed by atoms with Crippen LogP contribution < -0.4 is 19.9 Å². The van der Waals surface area contributed by atoms with Crippen LogP contribution in [0.2, 0.25) is 0 Å². The van der Waals surface area contributed by atoms with E-state index in [1.165, 1.54) is 0 Å². The number of hydrogen-bond donors (Lipinski definition) is 1. The molecule has 6 heteroatoms. The van der Waals surface area contributed by atoms with Gasteiger partial charge in [0.15, 0.2) is 11.5 Å². The first-order valence-corrected chi connectivity index (χ1v) is 8.84. The average Bonchev–Trinajstić information content (AvgIpc) is 3.04. The predicted molar refractivity (Wildman–Crippen MR) is 108 cm³/mol. The third kappa shape index (κ3) is 3.53. The van der Waals surface area contributed by atoms with Gasteiger partial charge >= 0.3 is 0 Å². The molecule has 0 unspecified atom stereocenters. The second-order valence-corrected chi connectivity index (χ2v) is 6.36. The zero-order chi connectivity index (χ0) is 20.3. The molecular weight excluding hydrogens is 356 g/mol. The number of nitrogens with two attached hydrogens (primary N) is 1. The van der Waals surface area contributed by atoms with Crippen molar-refractivity contribution in [2.75, 3.05) is 21.3 Å². The van der Waals surface area contributed by atoms with Crippen LogP contribution >= 0.6 is 0 Å². The quantitative estimate of drug-likeness (QED) is 0.679. The van der Waals surface area contributed by atoms with Crippen molar-refractivity contribution in [2.24, 2.45) is 5.73 Å². The Kier molecular flexibility index (Phi) is 5.59. The van der Waals surface area contributed by atoms with E-state index in [0.717, 1.165) is 28.3 Å². The summed E-state index contributed by atoms with van der Waals surface area (Å²) in [5.41, 5.74) is 9.67. The molecule has 0 radical (unpaired) electrons. The molecule has 146 valence electrons. The molecule has 28 heavy (non-hydrogen) atoms. The monoisotopic (exact) mass is 380 g/mol. The van der Waals surface area contributed by atoms with Crippen molar-refractivity contribution in [3.05, 3.63) is 65.4 Å². The SMILES string of the molecule is COc1ccc(-c2cc(C(N)=O)c(C)n2Cc2cccc(OC)c2OC)cc1. The molecule has 0 bridgehead atoms. The molecule has 3 rings (SSSR count). The van der Waals surface area contributed by atoms with Gasteiger partial charge in [-0.05, 0) is 48.9 Å². The fourth-order valence-electron chi connectivity index (χ4n) is 3.35. The zero-order valence-electron chi connectivity index (χ0n) is 16.5. The first kappa shape index (κ1) is 19.4. The summed E-state index contributed by atoms with van der Waals surface area (Å²) in [5, 5.41) is 0. The Hall–Kier alpha value is -3.41. The Balaban J connectivity index is 2.13. The Bertz CT molecular complexity index is 991. The van der Waals surface area contributed by atoms with E-state index in [-0.39, 0.29) is 0 Å². The minimum Gasteiger partial charge on any atom is -0.497 e. The van der Waals surface area contributed by atoms with Gasteiger partial charge in [0.2, 0.25) is 0 Å². The van der Waals surface area contributed by atoms with Crippen LogP contribution in [-0.4, -0.2) is 31.8 Å². The molecule has 0 aliphatic carbocycles. The Morgan fingerprint density at radius 2 is 1.71 bits per heavy atom. The highest BCUT2D eigenvalue weighted by Gasteiger charge is 2.19. The second kappa shape index (κ2) is 8.08. The van der Waals surface area contributed by atoms with Crippen LogP contribution in [-0.2, 0) is 6.54 Å². The minimum atomic E-state index is -0.455. The van der Waals surface area contributed by atoms with Crippen molar-refractivity contribution in [3.8, 4) is 28.5 Å². The van der Waals surface area contributed by atoms with Crippen LogP contribution in [0.15, 0.2) is 48.5 Å². The Labute approximate surface area is 164 Å². The molecule has 6 nitrogen and oxygen atoms in total. The van der Waals surface area contributed by atoms with E-state index in [1.54, 1.807) is 21.3 Å².